The standard InChI is InChI=1S/C16H24N4OS/c1-2-14-17-16(22-18-14)20-9-5-8-19(10-11-20)15(21)12-13-6-3-4-7-13/h3,6,13H,2,4-5,7-12H2,1H3/t13-/m0/s1. The van der Waals surface area contributed by atoms with Gasteiger partial charge in [0.1, 0.15) is 5.82 Å². The van der Waals surface area contributed by atoms with E-state index in [0.717, 1.165) is 62.8 Å². The highest BCUT2D eigenvalue weighted by molar-refractivity contribution is 7.09. The summed E-state index contributed by atoms with van der Waals surface area (Å²) in [7, 11) is 0. The molecule has 1 aliphatic heterocycles. The Labute approximate surface area is 136 Å². The fourth-order valence-corrected chi connectivity index (χ4v) is 3.89. The Hall–Kier alpha value is -1.43. The highest BCUT2D eigenvalue weighted by Crippen LogP contribution is 2.23. The monoisotopic (exact) mass is 320 g/mol. The van der Waals surface area contributed by atoms with Gasteiger partial charge in [0.2, 0.25) is 11.0 Å². The number of carbonyl (C=O) groups excluding carboxylic acids is 1. The number of nitrogens with zero attached hydrogens (tertiary/aromatic N) is 4. The minimum Gasteiger partial charge on any atom is -0.345 e. The highest BCUT2D eigenvalue weighted by Gasteiger charge is 2.23. The van der Waals surface area contributed by atoms with Gasteiger partial charge in [-0.15, -0.1) is 0 Å². The van der Waals surface area contributed by atoms with Crippen molar-refractivity contribution in [2.45, 2.75) is 39.0 Å². The van der Waals surface area contributed by atoms with Crippen LogP contribution in [0.1, 0.15) is 38.4 Å². The van der Waals surface area contributed by atoms with Crippen LogP contribution >= 0.6 is 11.5 Å². The van der Waals surface area contributed by atoms with Crippen LogP contribution in [-0.4, -0.2) is 46.3 Å². The van der Waals surface area contributed by atoms with Gasteiger partial charge in [-0.25, -0.2) is 4.98 Å². The molecule has 0 saturated carbocycles. The third-order valence-electron chi connectivity index (χ3n) is 4.44. The lowest BCUT2D eigenvalue weighted by molar-refractivity contribution is -0.131. The first kappa shape index (κ1) is 15.5. The Balaban J connectivity index is 1.54. The molecule has 120 valence electrons. The van der Waals surface area contributed by atoms with E-state index in [9.17, 15) is 4.79 Å². The molecule has 22 heavy (non-hydrogen) atoms. The first-order chi connectivity index (χ1) is 10.8. The number of carbonyl (C=O) groups is 1. The molecule has 0 N–H and O–H groups in total. The predicted molar refractivity (Wildman–Crippen MR) is 89.2 cm³/mol. The molecule has 1 aromatic heterocycles. The summed E-state index contributed by atoms with van der Waals surface area (Å²) in [5.74, 6) is 1.69. The van der Waals surface area contributed by atoms with Gasteiger partial charge in [0, 0.05) is 50.6 Å². The summed E-state index contributed by atoms with van der Waals surface area (Å²) < 4.78 is 4.36. The van der Waals surface area contributed by atoms with E-state index in [1.807, 2.05) is 4.90 Å². The normalized spacial score (nSPS) is 22.1. The van der Waals surface area contributed by atoms with Crippen LogP contribution < -0.4 is 4.90 Å². The Bertz CT molecular complexity index is 542. The zero-order chi connectivity index (χ0) is 15.4. The smallest absolute Gasteiger partial charge is 0.223 e. The van der Waals surface area contributed by atoms with E-state index in [0.29, 0.717) is 18.2 Å². The summed E-state index contributed by atoms with van der Waals surface area (Å²) in [5.41, 5.74) is 0. The number of hydrogen-bond acceptors (Lipinski definition) is 5. The van der Waals surface area contributed by atoms with Gasteiger partial charge in [0.25, 0.3) is 0 Å². The fourth-order valence-electron chi connectivity index (χ4n) is 3.09. The van der Waals surface area contributed by atoms with Crippen molar-refractivity contribution < 1.29 is 4.79 Å². The first-order valence-corrected chi connectivity index (χ1v) is 9.05. The maximum Gasteiger partial charge on any atom is 0.223 e. The van der Waals surface area contributed by atoms with E-state index in [1.54, 1.807) is 0 Å². The van der Waals surface area contributed by atoms with Gasteiger partial charge in [-0.1, -0.05) is 19.1 Å². The number of aromatic nitrogens is 2. The van der Waals surface area contributed by atoms with Crippen molar-refractivity contribution in [3.8, 4) is 0 Å². The van der Waals surface area contributed by atoms with E-state index >= 15 is 0 Å². The van der Waals surface area contributed by atoms with E-state index in [-0.39, 0.29) is 0 Å². The third-order valence-corrected chi connectivity index (χ3v) is 5.26. The van der Waals surface area contributed by atoms with E-state index < -0.39 is 0 Å². The molecular formula is C16H24N4OS. The molecule has 1 aromatic rings. The van der Waals surface area contributed by atoms with Crippen LogP contribution in [0.5, 0.6) is 0 Å². The second-order valence-electron chi connectivity index (χ2n) is 6.04. The van der Waals surface area contributed by atoms with Crippen LogP contribution in [0.2, 0.25) is 0 Å². The van der Waals surface area contributed by atoms with Crippen molar-refractivity contribution in [2.75, 3.05) is 31.1 Å². The molecule has 0 unspecified atom stereocenters. The molecule has 1 saturated heterocycles. The lowest BCUT2D eigenvalue weighted by Gasteiger charge is -2.22. The van der Waals surface area contributed by atoms with Crippen molar-refractivity contribution in [3.05, 3.63) is 18.0 Å². The Morgan fingerprint density at radius 1 is 1.36 bits per heavy atom. The lowest BCUT2D eigenvalue weighted by atomic mass is 10.0. The second-order valence-corrected chi connectivity index (χ2v) is 6.77. The fraction of sp³-hybridized carbons (Fsp3) is 0.688. The largest absolute Gasteiger partial charge is 0.345 e. The molecule has 5 nitrogen and oxygen atoms in total. The van der Waals surface area contributed by atoms with E-state index in [1.165, 1.54) is 11.5 Å². The van der Waals surface area contributed by atoms with Gasteiger partial charge >= 0.3 is 0 Å². The molecule has 3 rings (SSSR count). The van der Waals surface area contributed by atoms with Crippen molar-refractivity contribution in [2.24, 2.45) is 5.92 Å². The lowest BCUT2D eigenvalue weighted by Crippen LogP contribution is -2.35. The zero-order valence-electron chi connectivity index (χ0n) is 13.2. The van der Waals surface area contributed by atoms with Crippen LogP contribution in [0.25, 0.3) is 0 Å². The molecule has 6 heteroatoms. The maximum atomic E-state index is 12.4. The quantitative estimate of drug-likeness (QED) is 0.800. The molecule has 2 heterocycles. The molecule has 2 aliphatic rings. The Morgan fingerprint density at radius 2 is 2.27 bits per heavy atom. The minimum absolute atomic E-state index is 0.310. The zero-order valence-corrected chi connectivity index (χ0v) is 14.0. The summed E-state index contributed by atoms with van der Waals surface area (Å²) in [4.78, 5) is 21.3. The second kappa shape index (κ2) is 7.22. The first-order valence-electron chi connectivity index (χ1n) is 8.28. The predicted octanol–water partition coefficient (Wildman–Crippen LogP) is 2.50. The number of hydrogen-bond donors (Lipinski definition) is 0. The van der Waals surface area contributed by atoms with Gasteiger partial charge in [-0.05, 0) is 25.2 Å². The van der Waals surface area contributed by atoms with Crippen molar-refractivity contribution in [1.29, 1.82) is 0 Å². The van der Waals surface area contributed by atoms with E-state index in [2.05, 4.69) is 33.3 Å². The number of allylic oxidation sites excluding steroid dienone is 2. The van der Waals surface area contributed by atoms with E-state index in [4.69, 9.17) is 0 Å². The number of amides is 1. The van der Waals surface area contributed by atoms with Gasteiger partial charge in [-0.3, -0.25) is 4.79 Å². The van der Waals surface area contributed by atoms with Gasteiger partial charge in [0.05, 0.1) is 0 Å². The molecule has 0 aromatic carbocycles. The van der Waals surface area contributed by atoms with Crippen molar-refractivity contribution in [3.63, 3.8) is 0 Å². The van der Waals surface area contributed by atoms with Crippen LogP contribution in [-0.2, 0) is 11.2 Å². The SMILES string of the molecule is CCc1nsc(N2CCCN(C(=O)C[C@H]3C=CCC3)CC2)n1. The van der Waals surface area contributed by atoms with Gasteiger partial charge in [0.15, 0.2) is 0 Å². The Kier molecular flexibility index (Phi) is 5.08. The van der Waals surface area contributed by atoms with Gasteiger partial charge in [-0.2, -0.15) is 4.37 Å². The van der Waals surface area contributed by atoms with Gasteiger partial charge < -0.3 is 9.80 Å². The number of anilines is 1. The average molecular weight is 320 g/mol. The van der Waals surface area contributed by atoms with Crippen LogP contribution in [0.4, 0.5) is 5.13 Å². The molecule has 1 amide bonds. The van der Waals surface area contributed by atoms with Crippen LogP contribution in [0, 0.1) is 5.92 Å². The summed E-state index contributed by atoms with van der Waals surface area (Å²) in [6, 6.07) is 0. The summed E-state index contributed by atoms with van der Waals surface area (Å²) in [6.07, 6.45) is 9.23. The summed E-state index contributed by atoms with van der Waals surface area (Å²) in [6.45, 7) is 5.57. The average Bonchev–Trinajstić information content (AvgIpc) is 3.14. The maximum absolute atomic E-state index is 12.4. The molecular weight excluding hydrogens is 296 g/mol. The molecule has 1 atom stereocenters. The topological polar surface area (TPSA) is 49.3 Å². The van der Waals surface area contributed by atoms with Crippen molar-refractivity contribution >= 4 is 22.6 Å². The number of rotatable bonds is 4. The molecule has 0 bridgehead atoms. The minimum atomic E-state index is 0.310. The molecule has 0 radical (unpaired) electrons. The van der Waals surface area contributed by atoms with Crippen LogP contribution in [0.3, 0.4) is 0 Å². The summed E-state index contributed by atoms with van der Waals surface area (Å²) in [5, 5.41) is 1.00. The summed E-state index contributed by atoms with van der Waals surface area (Å²) >= 11 is 1.48. The van der Waals surface area contributed by atoms with Crippen molar-refractivity contribution in [1.82, 2.24) is 14.3 Å². The Morgan fingerprint density at radius 3 is 3.00 bits per heavy atom. The van der Waals surface area contributed by atoms with Crippen LogP contribution in [0.15, 0.2) is 12.2 Å². The molecule has 0 spiro atoms. The number of aryl methyl sites for hydroxylation is 1. The molecule has 1 fully saturated rings. The third kappa shape index (κ3) is 3.66. The molecule has 1 aliphatic carbocycles. The highest BCUT2D eigenvalue weighted by atomic mass is 32.1.